The Hall–Kier alpha value is -2.10. The lowest BCUT2D eigenvalue weighted by molar-refractivity contribution is -0.147. The minimum Gasteiger partial charge on any atom is -0.481 e. The molecular weight excluding hydrogens is 641 g/mol. The first-order valence-electron chi connectivity index (χ1n) is 22.6. The van der Waals surface area contributed by atoms with Crippen LogP contribution in [0.1, 0.15) is 239 Å². The van der Waals surface area contributed by atoms with Gasteiger partial charge in [0.25, 0.3) is 0 Å². The Kier molecular flexibility index (Phi) is 41.6. The lowest BCUT2D eigenvalue weighted by Crippen LogP contribution is -2.16. The Morgan fingerprint density at radius 3 is 1.19 bits per heavy atom. The zero-order valence-electron chi connectivity index (χ0n) is 34.6. The SMILES string of the molecule is CC/C=C\C/C=C\C/C=C\C/C=C\C(CCCCCCCC(=O)O)OC(=O)CCCCCCCCCCCCCCCCCCCCCCCCC. The fraction of sp³-hybridized carbons (Fsp3) is 0.792. The van der Waals surface area contributed by atoms with Crippen LogP contribution in [-0.2, 0) is 14.3 Å². The molecule has 0 spiro atoms. The molecule has 0 saturated heterocycles. The summed E-state index contributed by atoms with van der Waals surface area (Å²) in [6, 6.07) is 0. The van der Waals surface area contributed by atoms with Gasteiger partial charge < -0.3 is 9.84 Å². The molecule has 0 fully saturated rings. The van der Waals surface area contributed by atoms with Crippen molar-refractivity contribution in [2.75, 3.05) is 0 Å². The lowest BCUT2D eigenvalue weighted by Gasteiger charge is -2.14. The Balaban J connectivity index is 3.92. The van der Waals surface area contributed by atoms with Gasteiger partial charge in [-0.1, -0.05) is 217 Å². The molecule has 1 atom stereocenters. The van der Waals surface area contributed by atoms with Crippen molar-refractivity contribution in [3.63, 3.8) is 0 Å². The standard InChI is InChI=1S/C48H86O4/c1-3-5-7-9-11-13-15-16-17-18-19-20-21-22-23-24-25-26-28-30-32-37-41-45-48(51)52-46(43-39-35-33-36-40-44-47(49)50)42-38-34-31-29-27-14-12-10-8-6-4-2/h6,8,12,14,29,31,38,42,46H,3-5,7,9-11,13,15-28,30,32-37,39-41,43-45H2,1-2H3,(H,49,50)/b8-6-,14-12-,31-29-,42-38-. The molecule has 0 heterocycles. The van der Waals surface area contributed by atoms with Crippen LogP contribution in [0.25, 0.3) is 0 Å². The van der Waals surface area contributed by atoms with Crippen LogP contribution in [0.3, 0.4) is 0 Å². The number of hydrogen-bond donors (Lipinski definition) is 1. The summed E-state index contributed by atoms with van der Waals surface area (Å²) in [5.74, 6) is -0.788. The zero-order valence-corrected chi connectivity index (χ0v) is 34.6. The van der Waals surface area contributed by atoms with E-state index in [9.17, 15) is 9.59 Å². The van der Waals surface area contributed by atoms with E-state index in [1.807, 2.05) is 0 Å². The summed E-state index contributed by atoms with van der Waals surface area (Å²) in [4.78, 5) is 23.4. The van der Waals surface area contributed by atoms with Crippen LogP contribution in [0.15, 0.2) is 48.6 Å². The summed E-state index contributed by atoms with van der Waals surface area (Å²) < 4.78 is 5.91. The molecular formula is C48H86O4. The van der Waals surface area contributed by atoms with Gasteiger partial charge in [-0.15, -0.1) is 0 Å². The van der Waals surface area contributed by atoms with Gasteiger partial charge in [0.15, 0.2) is 0 Å². The summed E-state index contributed by atoms with van der Waals surface area (Å²) in [6.45, 7) is 4.44. The van der Waals surface area contributed by atoms with Gasteiger partial charge in [-0.2, -0.15) is 0 Å². The normalized spacial score (nSPS) is 12.7. The average molecular weight is 727 g/mol. The predicted molar refractivity (Wildman–Crippen MR) is 227 cm³/mol. The largest absolute Gasteiger partial charge is 0.481 e. The van der Waals surface area contributed by atoms with Crippen LogP contribution in [0, 0.1) is 0 Å². The molecule has 0 aliphatic heterocycles. The first-order chi connectivity index (χ1) is 25.6. The Morgan fingerprint density at radius 1 is 0.442 bits per heavy atom. The molecule has 1 unspecified atom stereocenters. The smallest absolute Gasteiger partial charge is 0.306 e. The monoisotopic (exact) mass is 727 g/mol. The van der Waals surface area contributed by atoms with Gasteiger partial charge >= 0.3 is 11.9 Å². The highest BCUT2D eigenvalue weighted by Crippen LogP contribution is 2.17. The van der Waals surface area contributed by atoms with Crippen LogP contribution in [-0.4, -0.2) is 23.1 Å². The second kappa shape index (κ2) is 43.3. The molecule has 0 aliphatic carbocycles. The third-order valence-corrected chi connectivity index (χ3v) is 10.0. The third-order valence-electron chi connectivity index (χ3n) is 10.0. The van der Waals surface area contributed by atoms with E-state index in [4.69, 9.17) is 9.84 Å². The summed E-state index contributed by atoms with van der Waals surface area (Å²) >= 11 is 0. The third kappa shape index (κ3) is 42.3. The Labute approximate surface area is 323 Å². The minimum atomic E-state index is -0.716. The fourth-order valence-electron chi connectivity index (χ4n) is 6.74. The average Bonchev–Trinajstić information content (AvgIpc) is 3.13. The second-order valence-electron chi connectivity index (χ2n) is 15.2. The number of rotatable bonds is 41. The number of carbonyl (C=O) groups excluding carboxylic acids is 1. The molecule has 4 nitrogen and oxygen atoms in total. The van der Waals surface area contributed by atoms with E-state index in [1.165, 1.54) is 135 Å². The van der Waals surface area contributed by atoms with E-state index in [0.29, 0.717) is 6.42 Å². The number of ether oxygens (including phenoxy) is 1. The zero-order chi connectivity index (χ0) is 37.8. The maximum absolute atomic E-state index is 12.7. The van der Waals surface area contributed by atoms with E-state index in [1.54, 1.807) is 0 Å². The molecule has 0 radical (unpaired) electrons. The second-order valence-corrected chi connectivity index (χ2v) is 15.2. The number of aliphatic carboxylic acids is 1. The van der Waals surface area contributed by atoms with E-state index in [0.717, 1.165) is 77.0 Å². The quantitative estimate of drug-likeness (QED) is 0.0387. The number of allylic oxidation sites excluding steroid dienone is 7. The molecule has 0 amide bonds. The molecule has 4 heteroatoms. The summed E-state index contributed by atoms with van der Waals surface area (Å²) in [5, 5.41) is 8.82. The first kappa shape index (κ1) is 49.9. The van der Waals surface area contributed by atoms with E-state index in [-0.39, 0.29) is 18.5 Å². The molecule has 0 aromatic carbocycles. The van der Waals surface area contributed by atoms with Gasteiger partial charge in [0, 0.05) is 12.8 Å². The van der Waals surface area contributed by atoms with Crippen molar-refractivity contribution in [2.45, 2.75) is 245 Å². The lowest BCUT2D eigenvalue weighted by atomic mass is 10.0. The van der Waals surface area contributed by atoms with E-state index in [2.05, 4.69) is 62.5 Å². The van der Waals surface area contributed by atoms with Gasteiger partial charge in [0.05, 0.1) is 0 Å². The van der Waals surface area contributed by atoms with Gasteiger partial charge in [0.1, 0.15) is 6.10 Å². The number of esters is 1. The number of carboxylic acid groups (broad SMARTS) is 1. The van der Waals surface area contributed by atoms with E-state index >= 15 is 0 Å². The van der Waals surface area contributed by atoms with Crippen LogP contribution in [0.2, 0.25) is 0 Å². The fourth-order valence-corrected chi connectivity index (χ4v) is 6.74. The van der Waals surface area contributed by atoms with Crippen molar-refractivity contribution in [3.05, 3.63) is 48.6 Å². The highest BCUT2D eigenvalue weighted by molar-refractivity contribution is 5.69. The van der Waals surface area contributed by atoms with Gasteiger partial charge in [0.2, 0.25) is 0 Å². The molecule has 0 aromatic heterocycles. The summed E-state index contributed by atoms with van der Waals surface area (Å²) in [5.41, 5.74) is 0. The van der Waals surface area contributed by atoms with Crippen molar-refractivity contribution >= 4 is 11.9 Å². The van der Waals surface area contributed by atoms with Crippen LogP contribution in [0.5, 0.6) is 0 Å². The predicted octanol–water partition coefficient (Wildman–Crippen LogP) is 15.9. The highest BCUT2D eigenvalue weighted by atomic mass is 16.5. The summed E-state index contributed by atoms with van der Waals surface area (Å²) in [7, 11) is 0. The Morgan fingerprint density at radius 2 is 0.788 bits per heavy atom. The number of unbranched alkanes of at least 4 members (excludes halogenated alkanes) is 26. The van der Waals surface area contributed by atoms with Gasteiger partial charge in [-0.25, -0.2) is 0 Å². The van der Waals surface area contributed by atoms with Crippen molar-refractivity contribution < 1.29 is 19.4 Å². The minimum absolute atomic E-state index is 0.0718. The van der Waals surface area contributed by atoms with Crippen molar-refractivity contribution in [1.29, 1.82) is 0 Å². The maximum Gasteiger partial charge on any atom is 0.306 e. The molecule has 302 valence electrons. The van der Waals surface area contributed by atoms with Crippen molar-refractivity contribution in [1.82, 2.24) is 0 Å². The molecule has 0 aliphatic rings. The van der Waals surface area contributed by atoms with Crippen LogP contribution >= 0.6 is 0 Å². The van der Waals surface area contributed by atoms with E-state index < -0.39 is 5.97 Å². The topological polar surface area (TPSA) is 63.6 Å². The van der Waals surface area contributed by atoms with Gasteiger partial charge in [-0.3, -0.25) is 9.59 Å². The highest BCUT2D eigenvalue weighted by Gasteiger charge is 2.11. The van der Waals surface area contributed by atoms with Gasteiger partial charge in [-0.05, 0) is 57.4 Å². The number of hydrogen-bond acceptors (Lipinski definition) is 3. The molecule has 0 bridgehead atoms. The summed E-state index contributed by atoms with van der Waals surface area (Å²) in [6.07, 6.45) is 58.9. The Bertz CT molecular complexity index is 870. The number of carbonyl (C=O) groups is 2. The molecule has 0 saturated carbocycles. The van der Waals surface area contributed by atoms with Crippen molar-refractivity contribution in [2.24, 2.45) is 0 Å². The molecule has 52 heavy (non-hydrogen) atoms. The maximum atomic E-state index is 12.7. The van der Waals surface area contributed by atoms with Crippen LogP contribution in [0.4, 0.5) is 0 Å². The molecule has 0 rings (SSSR count). The number of carboxylic acids is 1. The van der Waals surface area contributed by atoms with Crippen molar-refractivity contribution in [3.8, 4) is 0 Å². The molecule has 1 N–H and O–H groups in total. The first-order valence-corrected chi connectivity index (χ1v) is 22.6. The van der Waals surface area contributed by atoms with Crippen LogP contribution < -0.4 is 0 Å². The molecule has 0 aromatic rings.